The minimum absolute atomic E-state index is 0.0923. The van der Waals surface area contributed by atoms with Crippen molar-refractivity contribution in [3.05, 3.63) is 23.2 Å². The summed E-state index contributed by atoms with van der Waals surface area (Å²) in [5.74, 6) is 0.548. The van der Waals surface area contributed by atoms with Crippen molar-refractivity contribution >= 4 is 28.6 Å². The number of imidazole rings is 1. The van der Waals surface area contributed by atoms with Crippen molar-refractivity contribution < 1.29 is 0 Å². The van der Waals surface area contributed by atoms with Crippen LogP contribution in [-0.2, 0) is 5.54 Å². The molecule has 0 aliphatic carbocycles. The van der Waals surface area contributed by atoms with Crippen LogP contribution in [0.3, 0.4) is 0 Å². The van der Waals surface area contributed by atoms with Gasteiger partial charge in [-0.2, -0.15) is 0 Å². The number of nitrogens with zero attached hydrogens (tertiary/aromatic N) is 2. The second kappa shape index (κ2) is 4.41. The van der Waals surface area contributed by atoms with Crippen LogP contribution in [0, 0.1) is 5.41 Å². The van der Waals surface area contributed by atoms with Gasteiger partial charge in [-0.05, 0) is 43.9 Å². The molecule has 0 atom stereocenters. The number of hydrogen-bond acceptors (Lipinski definition) is 2. The van der Waals surface area contributed by atoms with Crippen molar-refractivity contribution in [3.63, 3.8) is 0 Å². The highest BCUT2D eigenvalue weighted by Gasteiger charge is 2.30. The van der Waals surface area contributed by atoms with E-state index in [0.717, 1.165) is 17.5 Å². The molecule has 0 aliphatic heterocycles. The highest BCUT2D eigenvalue weighted by Crippen LogP contribution is 2.36. The van der Waals surface area contributed by atoms with Crippen LogP contribution in [0.4, 0.5) is 5.95 Å². The number of benzene rings is 1. The Bertz CT molecular complexity index is 606. The number of aromatic nitrogens is 2. The summed E-state index contributed by atoms with van der Waals surface area (Å²) in [6, 6.07) is 5.73. The summed E-state index contributed by atoms with van der Waals surface area (Å²) in [5.41, 5.74) is 8.14. The van der Waals surface area contributed by atoms with Gasteiger partial charge in [0, 0.05) is 10.6 Å². The number of nitrogens with two attached hydrogens (primary N) is 1. The number of anilines is 1. The second-order valence-electron chi connectivity index (χ2n) is 6.99. The van der Waals surface area contributed by atoms with E-state index in [2.05, 4.69) is 44.2 Å². The predicted molar refractivity (Wildman–Crippen MR) is 82.5 cm³/mol. The van der Waals surface area contributed by atoms with Crippen molar-refractivity contribution in [2.75, 3.05) is 5.73 Å². The first kappa shape index (κ1) is 14.2. The maximum Gasteiger partial charge on any atom is 0.201 e. The summed E-state index contributed by atoms with van der Waals surface area (Å²) in [4.78, 5) is 4.43. The molecule has 0 amide bonds. The van der Waals surface area contributed by atoms with Crippen molar-refractivity contribution in [3.8, 4) is 0 Å². The van der Waals surface area contributed by atoms with Crippen LogP contribution in [0.25, 0.3) is 11.0 Å². The normalized spacial score (nSPS) is 13.2. The van der Waals surface area contributed by atoms with E-state index in [1.807, 2.05) is 18.2 Å². The summed E-state index contributed by atoms with van der Waals surface area (Å²) in [6.07, 6.45) is 1.01. The Morgan fingerprint density at radius 3 is 2.42 bits per heavy atom. The Kier molecular flexibility index (Phi) is 3.29. The molecule has 0 spiro atoms. The molecule has 0 saturated heterocycles. The fourth-order valence-corrected chi connectivity index (χ4v) is 3.25. The predicted octanol–water partition coefficient (Wildman–Crippen LogP) is 4.44. The van der Waals surface area contributed by atoms with Gasteiger partial charge >= 0.3 is 0 Å². The minimum atomic E-state index is -0.0923. The molecule has 0 saturated carbocycles. The van der Waals surface area contributed by atoms with Gasteiger partial charge < -0.3 is 10.3 Å². The maximum atomic E-state index is 6.12. The summed E-state index contributed by atoms with van der Waals surface area (Å²) in [5, 5.41) is 0.686. The van der Waals surface area contributed by atoms with Gasteiger partial charge in [-0.15, -0.1) is 0 Å². The number of hydrogen-bond donors (Lipinski definition) is 1. The van der Waals surface area contributed by atoms with Gasteiger partial charge in [0.05, 0.1) is 11.0 Å². The third-order valence-corrected chi connectivity index (χ3v) is 3.45. The summed E-state index contributed by atoms with van der Waals surface area (Å²) >= 11 is 6.01. The Hall–Kier alpha value is -1.22. The minimum Gasteiger partial charge on any atom is -0.369 e. The van der Waals surface area contributed by atoms with Gasteiger partial charge in [-0.1, -0.05) is 32.4 Å². The van der Waals surface area contributed by atoms with Crippen LogP contribution < -0.4 is 5.73 Å². The SMILES string of the molecule is CC(C)(C)CC(C)(C)n1c(N)nc2cc(Cl)ccc21. The van der Waals surface area contributed by atoms with Gasteiger partial charge in [0.1, 0.15) is 0 Å². The van der Waals surface area contributed by atoms with Crippen LogP contribution in [0.15, 0.2) is 18.2 Å². The summed E-state index contributed by atoms with van der Waals surface area (Å²) in [6.45, 7) is 11.1. The number of fused-ring (bicyclic) bond motifs is 1. The fraction of sp³-hybridized carbons (Fsp3) is 0.533. The lowest BCUT2D eigenvalue weighted by molar-refractivity contribution is 0.222. The van der Waals surface area contributed by atoms with E-state index in [1.54, 1.807) is 0 Å². The number of nitrogen functional groups attached to an aromatic ring is 1. The van der Waals surface area contributed by atoms with Crippen molar-refractivity contribution in [1.29, 1.82) is 0 Å². The zero-order chi connectivity index (χ0) is 14.4. The van der Waals surface area contributed by atoms with Gasteiger partial charge in [0.15, 0.2) is 0 Å². The average molecular weight is 280 g/mol. The van der Waals surface area contributed by atoms with Crippen LogP contribution in [0.5, 0.6) is 0 Å². The van der Waals surface area contributed by atoms with Crippen molar-refractivity contribution in [2.24, 2.45) is 5.41 Å². The van der Waals surface area contributed by atoms with Gasteiger partial charge in [-0.3, -0.25) is 0 Å². The Morgan fingerprint density at radius 2 is 1.84 bits per heavy atom. The third-order valence-electron chi connectivity index (χ3n) is 3.21. The molecule has 3 nitrogen and oxygen atoms in total. The zero-order valence-electron chi connectivity index (χ0n) is 12.3. The molecular weight excluding hydrogens is 258 g/mol. The van der Waals surface area contributed by atoms with E-state index in [9.17, 15) is 0 Å². The Morgan fingerprint density at radius 1 is 1.21 bits per heavy atom. The monoisotopic (exact) mass is 279 g/mol. The number of rotatable bonds is 2. The standard InChI is InChI=1S/C15H22ClN3/c1-14(2,3)9-15(4,5)19-12-7-6-10(16)8-11(12)18-13(19)17/h6-8H,9H2,1-5H3,(H2,17,18). The van der Waals surface area contributed by atoms with Gasteiger partial charge in [0.2, 0.25) is 5.95 Å². The molecule has 1 aromatic heterocycles. The first-order valence-corrected chi connectivity index (χ1v) is 6.92. The van der Waals surface area contributed by atoms with E-state index in [0.29, 0.717) is 11.0 Å². The molecule has 104 valence electrons. The van der Waals surface area contributed by atoms with Gasteiger partial charge in [-0.25, -0.2) is 4.98 Å². The number of halogens is 1. The smallest absolute Gasteiger partial charge is 0.201 e. The topological polar surface area (TPSA) is 43.8 Å². The van der Waals surface area contributed by atoms with E-state index < -0.39 is 0 Å². The molecule has 4 heteroatoms. The van der Waals surface area contributed by atoms with Crippen molar-refractivity contribution in [2.45, 2.75) is 46.6 Å². The van der Waals surface area contributed by atoms with E-state index >= 15 is 0 Å². The highest BCUT2D eigenvalue weighted by atomic mass is 35.5. The Labute approximate surface area is 119 Å². The first-order chi connectivity index (χ1) is 8.60. The molecule has 1 aromatic carbocycles. The molecule has 0 unspecified atom stereocenters. The molecule has 0 aliphatic rings. The molecule has 0 bridgehead atoms. The van der Waals surface area contributed by atoms with E-state index in [-0.39, 0.29) is 11.0 Å². The Balaban J connectivity index is 2.58. The fourth-order valence-electron chi connectivity index (χ4n) is 3.09. The van der Waals surface area contributed by atoms with E-state index in [4.69, 9.17) is 17.3 Å². The molecule has 0 fully saturated rings. The molecular formula is C15H22ClN3. The average Bonchev–Trinajstić information content (AvgIpc) is 2.49. The zero-order valence-corrected chi connectivity index (χ0v) is 13.0. The lowest BCUT2D eigenvalue weighted by Crippen LogP contribution is -2.32. The molecule has 1 heterocycles. The van der Waals surface area contributed by atoms with Crippen LogP contribution in [0.1, 0.15) is 41.0 Å². The van der Waals surface area contributed by atoms with Crippen molar-refractivity contribution in [1.82, 2.24) is 9.55 Å². The highest BCUT2D eigenvalue weighted by molar-refractivity contribution is 6.31. The molecule has 2 rings (SSSR count). The lowest BCUT2D eigenvalue weighted by atomic mass is 9.81. The maximum absolute atomic E-state index is 6.12. The second-order valence-corrected chi connectivity index (χ2v) is 7.42. The quantitative estimate of drug-likeness (QED) is 0.883. The summed E-state index contributed by atoms with van der Waals surface area (Å²) in [7, 11) is 0. The molecule has 0 radical (unpaired) electrons. The third kappa shape index (κ3) is 2.86. The molecule has 2 N–H and O–H groups in total. The van der Waals surface area contributed by atoms with Crippen LogP contribution in [0.2, 0.25) is 5.02 Å². The van der Waals surface area contributed by atoms with E-state index in [1.165, 1.54) is 0 Å². The lowest BCUT2D eigenvalue weighted by Gasteiger charge is -2.34. The first-order valence-electron chi connectivity index (χ1n) is 6.54. The van der Waals surface area contributed by atoms with Gasteiger partial charge in [0.25, 0.3) is 0 Å². The van der Waals surface area contributed by atoms with Crippen LogP contribution in [-0.4, -0.2) is 9.55 Å². The largest absolute Gasteiger partial charge is 0.369 e. The summed E-state index contributed by atoms with van der Waals surface area (Å²) < 4.78 is 2.11. The van der Waals surface area contributed by atoms with Crippen LogP contribution >= 0.6 is 11.6 Å². The molecule has 19 heavy (non-hydrogen) atoms. The molecule has 2 aromatic rings.